The van der Waals surface area contributed by atoms with Crippen molar-refractivity contribution in [1.29, 1.82) is 5.26 Å². The highest BCUT2D eigenvalue weighted by Gasteiger charge is 2.16. The molecule has 0 aliphatic rings. The predicted octanol–water partition coefficient (Wildman–Crippen LogP) is 8.42. The van der Waals surface area contributed by atoms with E-state index in [1.807, 2.05) is 66.7 Å². The van der Waals surface area contributed by atoms with Crippen LogP contribution < -0.4 is 4.90 Å². The van der Waals surface area contributed by atoms with Gasteiger partial charge in [0.2, 0.25) is 0 Å². The molecule has 5 heteroatoms. The molecule has 5 nitrogen and oxygen atoms in total. The van der Waals surface area contributed by atoms with Gasteiger partial charge in [0, 0.05) is 23.7 Å². The minimum atomic E-state index is -0.429. The number of benzene rings is 4. The van der Waals surface area contributed by atoms with E-state index in [1.165, 1.54) is 13.3 Å². The molecule has 0 atom stereocenters. The van der Waals surface area contributed by atoms with Gasteiger partial charge in [-0.3, -0.25) is 0 Å². The zero-order chi connectivity index (χ0) is 26.0. The molecule has 0 radical (unpaired) electrons. The molecule has 0 aliphatic heterocycles. The normalized spacial score (nSPS) is 11.2. The quantitative estimate of drug-likeness (QED) is 0.0970. The van der Waals surface area contributed by atoms with Crippen LogP contribution in [0.2, 0.25) is 0 Å². The summed E-state index contributed by atoms with van der Waals surface area (Å²) in [5, 5.41) is 15.9. The molecule has 0 heterocycles. The highest BCUT2D eigenvalue weighted by Crippen LogP contribution is 2.39. The Hall–Kier alpha value is -4.43. The smallest absolute Gasteiger partial charge is 0.318 e. The highest BCUT2D eigenvalue weighted by atomic mass is 16.7. The number of nitriles is 1. The van der Waals surface area contributed by atoms with Gasteiger partial charge in [-0.25, -0.2) is 4.79 Å². The van der Waals surface area contributed by atoms with Crippen LogP contribution in [0.3, 0.4) is 0 Å². The van der Waals surface area contributed by atoms with Crippen LogP contribution in [0.5, 0.6) is 0 Å². The van der Waals surface area contributed by atoms with Crippen molar-refractivity contribution in [3.63, 3.8) is 0 Å². The summed E-state index contributed by atoms with van der Waals surface area (Å²) in [7, 11) is 0. The third kappa shape index (κ3) is 6.42. The monoisotopic (exact) mass is 489 g/mol. The Kier molecular flexibility index (Phi) is 8.67. The Morgan fingerprint density at radius 2 is 1.65 bits per heavy atom. The van der Waals surface area contributed by atoms with E-state index in [0.29, 0.717) is 5.56 Å². The number of oxime groups is 1. The highest BCUT2D eigenvalue weighted by molar-refractivity contribution is 6.02. The van der Waals surface area contributed by atoms with E-state index in [0.717, 1.165) is 64.8 Å². The number of hydrogen-bond donors (Lipinski definition) is 0. The average molecular weight is 490 g/mol. The van der Waals surface area contributed by atoms with Gasteiger partial charge in [-0.15, -0.1) is 0 Å². The molecule has 4 rings (SSSR count). The van der Waals surface area contributed by atoms with Crippen LogP contribution in [0.1, 0.15) is 57.1 Å². The number of fused-ring (bicyclic) bond motifs is 1. The van der Waals surface area contributed by atoms with Gasteiger partial charge in [0.1, 0.15) is 0 Å². The molecule has 4 aromatic carbocycles. The molecule has 0 saturated carbocycles. The molecular weight excluding hydrogens is 458 g/mol. The molecule has 0 aliphatic carbocycles. The molecule has 0 amide bonds. The van der Waals surface area contributed by atoms with Gasteiger partial charge in [0.25, 0.3) is 0 Å². The van der Waals surface area contributed by atoms with Crippen molar-refractivity contribution >= 4 is 39.5 Å². The van der Waals surface area contributed by atoms with Crippen LogP contribution in [0.4, 0.5) is 17.1 Å². The topological polar surface area (TPSA) is 65.7 Å². The van der Waals surface area contributed by atoms with Gasteiger partial charge >= 0.3 is 5.97 Å². The number of anilines is 3. The van der Waals surface area contributed by atoms with Crippen molar-refractivity contribution < 1.29 is 9.63 Å². The average Bonchev–Trinajstić information content (AvgIpc) is 2.93. The van der Waals surface area contributed by atoms with E-state index in [4.69, 9.17) is 4.84 Å². The predicted molar refractivity (Wildman–Crippen MR) is 150 cm³/mol. The van der Waals surface area contributed by atoms with Gasteiger partial charge in [-0.2, -0.15) is 5.26 Å². The number of rotatable bonds is 10. The lowest BCUT2D eigenvalue weighted by Gasteiger charge is -2.27. The van der Waals surface area contributed by atoms with E-state index >= 15 is 0 Å². The SMILES string of the molecule is CCCCCC/C(=N/OC(C)=O)c1ccc(N(c2cccc(C#N)c2)c2cccc3ccccc23)cc1. The van der Waals surface area contributed by atoms with Crippen molar-refractivity contribution in [2.24, 2.45) is 5.16 Å². The summed E-state index contributed by atoms with van der Waals surface area (Å²) < 4.78 is 0. The molecule has 0 aromatic heterocycles. The fraction of sp³-hybridized carbons (Fsp3) is 0.219. The van der Waals surface area contributed by atoms with E-state index < -0.39 is 5.97 Å². The first-order valence-electron chi connectivity index (χ1n) is 12.7. The first-order valence-corrected chi connectivity index (χ1v) is 12.7. The van der Waals surface area contributed by atoms with Crippen molar-refractivity contribution in [2.75, 3.05) is 4.90 Å². The second-order valence-electron chi connectivity index (χ2n) is 8.97. The molecule has 0 saturated heterocycles. The molecule has 0 N–H and O–H groups in total. The minimum absolute atomic E-state index is 0.429. The largest absolute Gasteiger partial charge is 0.331 e. The molecule has 0 spiro atoms. The summed E-state index contributed by atoms with van der Waals surface area (Å²) in [6, 6.07) is 32.5. The zero-order valence-corrected chi connectivity index (χ0v) is 21.4. The molecule has 37 heavy (non-hydrogen) atoms. The van der Waals surface area contributed by atoms with E-state index in [1.54, 1.807) is 0 Å². The Bertz CT molecular complexity index is 1430. The second kappa shape index (κ2) is 12.5. The minimum Gasteiger partial charge on any atom is -0.318 e. The first kappa shape index (κ1) is 25.7. The summed E-state index contributed by atoms with van der Waals surface area (Å²) in [5.41, 5.74) is 5.16. The lowest BCUT2D eigenvalue weighted by atomic mass is 10.0. The van der Waals surface area contributed by atoms with Crippen LogP contribution in [0.15, 0.2) is 96.2 Å². The molecule has 0 unspecified atom stereocenters. The first-order chi connectivity index (χ1) is 18.1. The molecule has 4 aromatic rings. The molecular formula is C32H31N3O2. The van der Waals surface area contributed by atoms with Crippen LogP contribution in [-0.2, 0) is 9.63 Å². The summed E-state index contributed by atoms with van der Waals surface area (Å²) in [6.45, 7) is 3.54. The maximum atomic E-state index is 11.4. The van der Waals surface area contributed by atoms with Crippen LogP contribution in [0, 0.1) is 11.3 Å². The number of hydrogen-bond acceptors (Lipinski definition) is 5. The van der Waals surface area contributed by atoms with E-state index in [2.05, 4.69) is 47.3 Å². The lowest BCUT2D eigenvalue weighted by molar-refractivity contribution is -0.140. The zero-order valence-electron chi connectivity index (χ0n) is 21.4. The van der Waals surface area contributed by atoms with Crippen molar-refractivity contribution in [2.45, 2.75) is 46.0 Å². The maximum absolute atomic E-state index is 11.4. The van der Waals surface area contributed by atoms with Crippen LogP contribution in [0.25, 0.3) is 10.8 Å². The second-order valence-corrected chi connectivity index (χ2v) is 8.97. The number of nitrogens with zero attached hydrogens (tertiary/aromatic N) is 3. The summed E-state index contributed by atoms with van der Waals surface area (Å²) >= 11 is 0. The number of unbranched alkanes of at least 4 members (excludes halogenated alkanes) is 3. The van der Waals surface area contributed by atoms with Crippen molar-refractivity contribution in [3.8, 4) is 6.07 Å². The third-order valence-electron chi connectivity index (χ3n) is 6.25. The molecule has 0 fully saturated rings. The number of carbonyl (C=O) groups is 1. The number of carbonyl (C=O) groups excluding carboxylic acids is 1. The van der Waals surface area contributed by atoms with Gasteiger partial charge in [-0.1, -0.05) is 85.9 Å². The van der Waals surface area contributed by atoms with Crippen molar-refractivity contribution in [1.82, 2.24) is 0 Å². The fourth-order valence-corrected chi connectivity index (χ4v) is 4.43. The Labute approximate surface area is 218 Å². The maximum Gasteiger partial charge on any atom is 0.331 e. The van der Waals surface area contributed by atoms with Crippen LogP contribution >= 0.6 is 0 Å². The molecule has 0 bridgehead atoms. The summed E-state index contributed by atoms with van der Waals surface area (Å²) in [4.78, 5) is 18.6. The summed E-state index contributed by atoms with van der Waals surface area (Å²) in [6.07, 6.45) is 5.16. The Balaban J connectivity index is 1.76. The van der Waals surface area contributed by atoms with Gasteiger partial charge < -0.3 is 9.74 Å². The van der Waals surface area contributed by atoms with Gasteiger partial charge in [-0.05, 0) is 60.2 Å². The van der Waals surface area contributed by atoms with Gasteiger partial charge in [0.15, 0.2) is 0 Å². The Morgan fingerprint density at radius 3 is 2.41 bits per heavy atom. The van der Waals surface area contributed by atoms with Crippen LogP contribution in [-0.4, -0.2) is 11.7 Å². The lowest BCUT2D eigenvalue weighted by Crippen LogP contribution is -2.11. The standard InChI is InChI=1S/C32H31N3O2/c1-3-4-5-6-16-31(34-37-24(2)36)27-18-20-28(21-19-27)35(29-14-9-11-25(22-29)23-33)32-17-10-13-26-12-7-8-15-30(26)32/h7-15,17-22H,3-6,16H2,1-2H3/b34-31-. The van der Waals surface area contributed by atoms with Gasteiger partial charge in [0.05, 0.1) is 23.0 Å². The third-order valence-corrected chi connectivity index (χ3v) is 6.25. The van der Waals surface area contributed by atoms with E-state index in [-0.39, 0.29) is 0 Å². The molecule has 186 valence electrons. The van der Waals surface area contributed by atoms with Crippen molar-refractivity contribution in [3.05, 3.63) is 102 Å². The van der Waals surface area contributed by atoms with E-state index in [9.17, 15) is 10.1 Å². The Morgan fingerprint density at radius 1 is 0.892 bits per heavy atom. The fourth-order valence-electron chi connectivity index (χ4n) is 4.43. The summed E-state index contributed by atoms with van der Waals surface area (Å²) in [5.74, 6) is -0.429.